The van der Waals surface area contributed by atoms with Gasteiger partial charge in [0, 0.05) is 18.3 Å². The minimum atomic E-state index is -0.372. The third-order valence-electron chi connectivity index (χ3n) is 1.46. The average molecular weight is 280 g/mol. The Morgan fingerprint density at radius 2 is 2.31 bits per heavy atom. The SMILES string of the molecule is O=[N+]([O-])c1cccc(CP(P)Br)c1. The van der Waals surface area contributed by atoms with Gasteiger partial charge in [0.05, 0.1) is 4.92 Å². The normalized spacial score (nSPS) is 12.5. The first-order valence-corrected chi connectivity index (χ1v) is 8.67. The number of hydrogen-bond acceptors (Lipinski definition) is 2. The van der Waals surface area contributed by atoms with Crippen molar-refractivity contribution in [3.05, 3.63) is 39.9 Å². The van der Waals surface area contributed by atoms with Crippen LogP contribution >= 0.6 is 30.7 Å². The Kier molecular flexibility index (Phi) is 4.24. The lowest BCUT2D eigenvalue weighted by atomic mass is 10.2. The van der Waals surface area contributed by atoms with Gasteiger partial charge in [0.2, 0.25) is 0 Å². The van der Waals surface area contributed by atoms with Gasteiger partial charge < -0.3 is 0 Å². The number of non-ortho nitro benzene ring substituents is 1. The molecule has 1 aromatic rings. The maximum absolute atomic E-state index is 10.4. The fourth-order valence-corrected chi connectivity index (χ4v) is 2.99. The molecule has 0 aliphatic rings. The third-order valence-corrected chi connectivity index (χ3v) is 3.42. The maximum atomic E-state index is 10.4. The van der Waals surface area contributed by atoms with E-state index in [2.05, 4.69) is 24.4 Å². The lowest BCUT2D eigenvalue weighted by Gasteiger charge is -2.02. The van der Waals surface area contributed by atoms with Crippen LogP contribution in [0, 0.1) is 10.1 Å². The van der Waals surface area contributed by atoms with Crippen molar-refractivity contribution in [3.63, 3.8) is 0 Å². The highest BCUT2D eigenvalue weighted by Crippen LogP contribution is 2.55. The van der Waals surface area contributed by atoms with Crippen LogP contribution in [0.4, 0.5) is 5.69 Å². The molecule has 6 heteroatoms. The molecule has 70 valence electrons. The van der Waals surface area contributed by atoms with Crippen molar-refractivity contribution in [1.29, 1.82) is 0 Å². The molecule has 2 atom stereocenters. The van der Waals surface area contributed by atoms with E-state index in [-0.39, 0.29) is 16.9 Å². The molecule has 0 radical (unpaired) electrons. The number of rotatable bonds is 3. The van der Waals surface area contributed by atoms with Gasteiger partial charge in [-0.25, -0.2) is 0 Å². The smallest absolute Gasteiger partial charge is 0.258 e. The predicted molar refractivity (Wildman–Crippen MR) is 62.4 cm³/mol. The molecule has 0 aromatic heterocycles. The van der Waals surface area contributed by atoms with Gasteiger partial charge in [0.15, 0.2) is 0 Å². The first-order chi connectivity index (χ1) is 6.09. The first-order valence-electron chi connectivity index (χ1n) is 3.51. The lowest BCUT2D eigenvalue weighted by molar-refractivity contribution is -0.384. The van der Waals surface area contributed by atoms with E-state index in [4.69, 9.17) is 0 Å². The number of nitro groups is 1. The lowest BCUT2D eigenvalue weighted by Crippen LogP contribution is -1.88. The largest absolute Gasteiger partial charge is 0.269 e. The van der Waals surface area contributed by atoms with Crippen molar-refractivity contribution in [2.75, 3.05) is 0 Å². The number of nitro benzene ring substituents is 1. The molecule has 0 saturated carbocycles. The van der Waals surface area contributed by atoms with E-state index in [1.54, 1.807) is 12.1 Å². The van der Waals surface area contributed by atoms with Gasteiger partial charge in [-0.1, -0.05) is 36.6 Å². The quantitative estimate of drug-likeness (QED) is 0.481. The van der Waals surface area contributed by atoms with E-state index in [9.17, 15) is 10.1 Å². The summed E-state index contributed by atoms with van der Waals surface area (Å²) in [5.41, 5.74) is 1.15. The second-order valence-electron chi connectivity index (χ2n) is 2.48. The molecule has 1 rings (SSSR count). The molecule has 2 unspecified atom stereocenters. The van der Waals surface area contributed by atoms with E-state index in [0.29, 0.717) is 0 Å². The van der Waals surface area contributed by atoms with Crippen LogP contribution in [0.3, 0.4) is 0 Å². The van der Waals surface area contributed by atoms with Gasteiger partial charge in [0.25, 0.3) is 5.69 Å². The molecule has 0 aliphatic carbocycles. The Balaban J connectivity index is 2.85. The van der Waals surface area contributed by atoms with Gasteiger partial charge in [-0.15, -0.1) is 0 Å². The second-order valence-corrected chi connectivity index (χ2v) is 10.5. The highest BCUT2D eigenvalue weighted by molar-refractivity contribution is 9.44. The first kappa shape index (κ1) is 11.0. The Labute approximate surface area is 87.7 Å². The fraction of sp³-hybridized carbons (Fsp3) is 0.143. The fourth-order valence-electron chi connectivity index (χ4n) is 0.943. The van der Waals surface area contributed by atoms with Gasteiger partial charge in [-0.3, -0.25) is 10.1 Å². The van der Waals surface area contributed by atoms with Gasteiger partial charge >= 0.3 is 0 Å². The van der Waals surface area contributed by atoms with Crippen LogP contribution < -0.4 is 0 Å². The zero-order valence-corrected chi connectivity index (χ0v) is 10.3. The summed E-state index contributed by atoms with van der Waals surface area (Å²) in [7, 11) is 2.66. The molecule has 0 saturated heterocycles. The number of nitrogens with zero attached hydrogens (tertiary/aromatic N) is 1. The minimum Gasteiger partial charge on any atom is -0.258 e. The Hall–Kier alpha value is -0.0400. The monoisotopic (exact) mass is 279 g/mol. The van der Waals surface area contributed by atoms with Gasteiger partial charge in [0.1, 0.15) is 0 Å². The molecule has 3 nitrogen and oxygen atoms in total. The van der Waals surface area contributed by atoms with E-state index < -0.39 is 0 Å². The molecule has 0 aliphatic heterocycles. The zero-order chi connectivity index (χ0) is 9.84. The summed E-state index contributed by atoms with van der Waals surface area (Å²) in [6, 6.07) is 6.72. The summed E-state index contributed by atoms with van der Waals surface area (Å²) in [5.74, 6) is 0. The summed E-state index contributed by atoms with van der Waals surface area (Å²) in [5, 5.41) is 10.4. The number of hydrogen-bond donors (Lipinski definition) is 0. The van der Waals surface area contributed by atoms with Crippen molar-refractivity contribution in [2.45, 2.75) is 6.16 Å². The van der Waals surface area contributed by atoms with Crippen LogP contribution in [0.2, 0.25) is 0 Å². The summed E-state index contributed by atoms with van der Waals surface area (Å²) < 4.78 is 0. The molecule has 0 spiro atoms. The van der Waals surface area contributed by atoms with Crippen molar-refractivity contribution >= 4 is 36.4 Å². The Morgan fingerprint density at radius 3 is 2.85 bits per heavy atom. The molecular formula is C7H8BrNO2P2. The summed E-state index contributed by atoms with van der Waals surface area (Å²) >= 11 is 3.43. The van der Waals surface area contributed by atoms with Crippen LogP contribution in [0.5, 0.6) is 0 Å². The second kappa shape index (κ2) is 4.99. The van der Waals surface area contributed by atoms with Crippen LogP contribution in [0.25, 0.3) is 0 Å². The van der Waals surface area contributed by atoms with Gasteiger partial charge in [-0.2, -0.15) is 0 Å². The molecular weight excluding hydrogens is 272 g/mol. The predicted octanol–water partition coefficient (Wildman–Crippen LogP) is 3.68. The topological polar surface area (TPSA) is 43.1 Å². The van der Waals surface area contributed by atoms with Crippen LogP contribution in [0.1, 0.15) is 5.56 Å². The molecule has 0 bridgehead atoms. The standard InChI is InChI=1S/C7H8BrNO2P2/c8-13(12)5-6-2-1-3-7(4-6)9(10)11/h1-4H,5,12H2. The van der Waals surface area contributed by atoms with Crippen LogP contribution in [-0.2, 0) is 6.16 Å². The van der Waals surface area contributed by atoms with E-state index in [1.807, 2.05) is 6.07 Å². The highest BCUT2D eigenvalue weighted by Gasteiger charge is 2.06. The molecule has 1 aromatic carbocycles. The van der Waals surface area contributed by atoms with E-state index >= 15 is 0 Å². The summed E-state index contributed by atoms with van der Waals surface area (Å²) in [6.07, 6.45) is 0.533. The zero-order valence-electron chi connectivity index (χ0n) is 6.68. The van der Waals surface area contributed by atoms with Crippen LogP contribution in [0.15, 0.2) is 24.3 Å². The van der Waals surface area contributed by atoms with Crippen molar-refractivity contribution in [3.8, 4) is 0 Å². The van der Waals surface area contributed by atoms with E-state index in [0.717, 1.165) is 11.7 Å². The Morgan fingerprint density at radius 1 is 1.62 bits per heavy atom. The summed E-state index contributed by atoms with van der Waals surface area (Å²) in [6.45, 7) is 0. The molecule has 0 heterocycles. The molecule has 13 heavy (non-hydrogen) atoms. The highest BCUT2D eigenvalue weighted by atomic mass is 79.9. The molecule has 0 amide bonds. The Bertz CT molecular complexity index is 319. The van der Waals surface area contributed by atoms with Crippen molar-refractivity contribution in [2.24, 2.45) is 0 Å². The van der Waals surface area contributed by atoms with Crippen LogP contribution in [-0.4, -0.2) is 4.92 Å². The van der Waals surface area contributed by atoms with E-state index in [1.165, 1.54) is 6.07 Å². The minimum absolute atomic E-state index is 0.159. The number of halogens is 1. The molecule has 0 fully saturated rings. The summed E-state index contributed by atoms with van der Waals surface area (Å²) in [4.78, 5) is 10.1. The number of benzene rings is 1. The molecule has 0 N–H and O–H groups in total. The average Bonchev–Trinajstić information content (AvgIpc) is 2.03. The van der Waals surface area contributed by atoms with Gasteiger partial charge in [-0.05, 0) is 11.9 Å². The van der Waals surface area contributed by atoms with Crippen molar-refractivity contribution in [1.82, 2.24) is 0 Å². The third kappa shape index (κ3) is 3.68. The van der Waals surface area contributed by atoms with Crippen molar-refractivity contribution < 1.29 is 4.92 Å². The maximum Gasteiger partial charge on any atom is 0.269 e.